The van der Waals surface area contributed by atoms with Gasteiger partial charge in [-0.3, -0.25) is 0 Å². The van der Waals surface area contributed by atoms with E-state index < -0.39 is 35.8 Å². The minimum absolute atomic E-state index is 0.0106. The molecule has 0 spiro atoms. The average molecular weight is 559 g/mol. The zero-order valence-corrected chi connectivity index (χ0v) is 23.2. The van der Waals surface area contributed by atoms with Crippen LogP contribution in [0.4, 0.5) is 18.0 Å². The van der Waals surface area contributed by atoms with E-state index in [1.165, 1.54) is 0 Å². The van der Waals surface area contributed by atoms with E-state index in [1.54, 1.807) is 14.5 Å². The van der Waals surface area contributed by atoms with E-state index in [1.807, 2.05) is 51.1 Å². The van der Waals surface area contributed by atoms with E-state index in [-0.39, 0.29) is 36.9 Å². The molecular weight excluding hydrogens is 521 g/mol. The number of ether oxygens (including phenoxy) is 1. The number of morpholine rings is 1. The van der Waals surface area contributed by atoms with Crippen LogP contribution in [0.25, 0.3) is 11.4 Å². The molecular formula is C29H37F3N6O2. The smallest absolute Gasteiger partial charge is 0.320 e. The lowest BCUT2D eigenvalue weighted by atomic mass is 9.84. The number of rotatable bonds is 9. The summed E-state index contributed by atoms with van der Waals surface area (Å²) in [5, 5.41) is 4.62. The number of hydrogen-bond donors (Lipinski definition) is 1. The molecule has 1 aliphatic heterocycles. The van der Waals surface area contributed by atoms with Gasteiger partial charge in [0.2, 0.25) is 0 Å². The van der Waals surface area contributed by atoms with Crippen LogP contribution in [0.3, 0.4) is 0 Å². The van der Waals surface area contributed by atoms with Crippen molar-refractivity contribution in [2.75, 3.05) is 39.5 Å². The summed E-state index contributed by atoms with van der Waals surface area (Å²) in [5.74, 6) is -0.858. The molecule has 2 N–H and O–H groups in total. The summed E-state index contributed by atoms with van der Waals surface area (Å²) in [7, 11) is 0. The van der Waals surface area contributed by atoms with Crippen LogP contribution >= 0.6 is 0 Å². The minimum atomic E-state index is -0.736. The van der Waals surface area contributed by atoms with Crippen molar-refractivity contribution in [1.82, 2.24) is 24.6 Å². The van der Waals surface area contributed by atoms with E-state index in [0.717, 1.165) is 23.8 Å². The number of halogens is 3. The Hall–Kier alpha value is -3.44. The summed E-state index contributed by atoms with van der Waals surface area (Å²) in [5.41, 5.74) is 6.19. The molecule has 0 radical (unpaired) electrons. The van der Waals surface area contributed by atoms with Crippen molar-refractivity contribution in [2.45, 2.75) is 45.8 Å². The lowest BCUT2D eigenvalue weighted by Crippen LogP contribution is -2.52. The van der Waals surface area contributed by atoms with Crippen molar-refractivity contribution >= 4 is 6.03 Å². The maximum Gasteiger partial charge on any atom is 0.320 e. The Morgan fingerprint density at radius 2 is 1.82 bits per heavy atom. The second kappa shape index (κ2) is 12.8. The Morgan fingerprint density at radius 1 is 1.12 bits per heavy atom. The highest BCUT2D eigenvalue weighted by molar-refractivity contribution is 5.75. The van der Waals surface area contributed by atoms with Crippen LogP contribution in [-0.4, -0.2) is 76.2 Å². The molecule has 4 rings (SSSR count). The van der Waals surface area contributed by atoms with Crippen molar-refractivity contribution in [3.63, 3.8) is 0 Å². The number of carbonyl (C=O) groups excluding carboxylic acids is 1. The van der Waals surface area contributed by atoms with Gasteiger partial charge in [0.15, 0.2) is 11.6 Å². The molecule has 1 aromatic heterocycles. The number of benzene rings is 2. The van der Waals surface area contributed by atoms with Crippen LogP contribution in [-0.2, 0) is 11.3 Å². The van der Waals surface area contributed by atoms with Crippen LogP contribution < -0.4 is 5.73 Å². The summed E-state index contributed by atoms with van der Waals surface area (Å²) in [4.78, 5) is 22.1. The number of aromatic nitrogens is 3. The second-order valence-corrected chi connectivity index (χ2v) is 11.1. The number of nitrogens with two attached hydrogens (primary N) is 1. The summed E-state index contributed by atoms with van der Waals surface area (Å²) in [6.07, 6.45) is 0.233. The van der Waals surface area contributed by atoms with Crippen molar-refractivity contribution in [2.24, 2.45) is 11.1 Å². The van der Waals surface area contributed by atoms with Gasteiger partial charge in [-0.05, 0) is 35.6 Å². The van der Waals surface area contributed by atoms with Gasteiger partial charge in [0, 0.05) is 25.7 Å². The predicted molar refractivity (Wildman–Crippen MR) is 146 cm³/mol. The fraction of sp³-hybridized carbons (Fsp3) is 0.483. The molecule has 40 heavy (non-hydrogen) atoms. The van der Waals surface area contributed by atoms with E-state index in [4.69, 9.17) is 15.5 Å². The predicted octanol–water partition coefficient (Wildman–Crippen LogP) is 4.80. The highest BCUT2D eigenvalue weighted by atomic mass is 19.1. The average Bonchev–Trinajstić information content (AvgIpc) is 3.34. The lowest BCUT2D eigenvalue weighted by Gasteiger charge is -2.42. The highest BCUT2D eigenvalue weighted by Crippen LogP contribution is 2.39. The minimum Gasteiger partial charge on any atom is -0.378 e. The molecule has 1 aliphatic rings. The Morgan fingerprint density at radius 3 is 2.48 bits per heavy atom. The van der Waals surface area contributed by atoms with Gasteiger partial charge >= 0.3 is 6.03 Å². The molecule has 0 aliphatic carbocycles. The quantitative estimate of drug-likeness (QED) is 0.408. The molecule has 0 bridgehead atoms. The molecule has 11 heteroatoms. The van der Waals surface area contributed by atoms with Gasteiger partial charge in [-0.1, -0.05) is 51.1 Å². The van der Waals surface area contributed by atoms with Crippen LogP contribution in [0.15, 0.2) is 48.5 Å². The molecule has 8 nitrogen and oxygen atoms in total. The monoisotopic (exact) mass is 558 g/mol. The maximum atomic E-state index is 14.8. The number of carbonyl (C=O) groups is 1. The molecule has 1 fully saturated rings. The molecule has 2 atom stereocenters. The van der Waals surface area contributed by atoms with Gasteiger partial charge in [-0.25, -0.2) is 27.6 Å². The standard InChI is InChI=1S/C29H37F3N6O2/c1-29(2,3)25(37(12-11-22(33)18-30)28(39)36-13-15-40-16-14-36)27-34-26(23-17-21(31)9-10-24(23)32)35-38(27)19-20-7-5-4-6-8-20/h4-10,17,22,25H,11-16,18-19,33H2,1-3H3/t22-,25?/m1/s1. The zero-order valence-electron chi connectivity index (χ0n) is 23.2. The van der Waals surface area contributed by atoms with E-state index in [9.17, 15) is 18.0 Å². The zero-order chi connectivity index (χ0) is 28.9. The third kappa shape index (κ3) is 7.00. The molecule has 2 aromatic carbocycles. The summed E-state index contributed by atoms with van der Waals surface area (Å²) < 4.78 is 49.4. The number of nitrogens with zero attached hydrogens (tertiary/aromatic N) is 5. The Kier molecular flexibility index (Phi) is 9.47. The van der Waals surface area contributed by atoms with Gasteiger partial charge < -0.3 is 20.3 Å². The summed E-state index contributed by atoms with van der Waals surface area (Å²) in [6, 6.07) is 11.0. The Balaban J connectivity index is 1.85. The van der Waals surface area contributed by atoms with Gasteiger partial charge in [0.05, 0.1) is 31.4 Å². The van der Waals surface area contributed by atoms with Crippen molar-refractivity contribution in [3.8, 4) is 11.4 Å². The molecule has 3 aromatic rings. The Labute approximate surface area is 232 Å². The third-order valence-electron chi connectivity index (χ3n) is 6.89. The first kappa shape index (κ1) is 29.5. The molecule has 1 unspecified atom stereocenters. The van der Waals surface area contributed by atoms with Crippen LogP contribution in [0.2, 0.25) is 0 Å². The molecule has 0 saturated carbocycles. The molecule has 216 valence electrons. The topological polar surface area (TPSA) is 89.5 Å². The van der Waals surface area contributed by atoms with Gasteiger partial charge in [-0.15, -0.1) is 0 Å². The van der Waals surface area contributed by atoms with E-state index in [2.05, 4.69) is 5.10 Å². The number of urea groups is 1. The fourth-order valence-electron chi connectivity index (χ4n) is 4.86. The maximum absolute atomic E-state index is 14.8. The molecule has 1 saturated heterocycles. The molecule has 2 amide bonds. The van der Waals surface area contributed by atoms with E-state index >= 15 is 0 Å². The van der Waals surface area contributed by atoms with Crippen molar-refractivity contribution in [3.05, 3.63) is 71.6 Å². The van der Waals surface area contributed by atoms with E-state index in [0.29, 0.717) is 32.1 Å². The summed E-state index contributed by atoms with van der Waals surface area (Å²) in [6.45, 7) is 7.31. The third-order valence-corrected chi connectivity index (χ3v) is 6.89. The number of hydrogen-bond acceptors (Lipinski definition) is 5. The van der Waals surface area contributed by atoms with Crippen LogP contribution in [0.5, 0.6) is 0 Å². The highest BCUT2D eigenvalue weighted by Gasteiger charge is 2.40. The van der Waals surface area contributed by atoms with Gasteiger partial charge in [0.25, 0.3) is 0 Å². The van der Waals surface area contributed by atoms with Crippen molar-refractivity contribution < 1.29 is 22.7 Å². The van der Waals surface area contributed by atoms with Crippen LogP contribution in [0.1, 0.15) is 44.6 Å². The second-order valence-electron chi connectivity index (χ2n) is 11.1. The first-order chi connectivity index (χ1) is 19.1. The SMILES string of the molecule is CC(C)(C)C(c1nc(-c2cc(F)ccc2F)nn1Cc1ccccc1)N(CC[C@@H](N)CF)C(=O)N1CCOCC1. The first-order valence-corrected chi connectivity index (χ1v) is 13.5. The number of amides is 2. The first-order valence-electron chi connectivity index (χ1n) is 13.5. The lowest BCUT2D eigenvalue weighted by molar-refractivity contribution is 0.0275. The normalized spacial score (nSPS) is 15.6. The van der Waals surface area contributed by atoms with Crippen LogP contribution in [0, 0.1) is 17.0 Å². The van der Waals surface area contributed by atoms with Gasteiger partial charge in [0.1, 0.15) is 18.3 Å². The summed E-state index contributed by atoms with van der Waals surface area (Å²) >= 11 is 0. The number of alkyl halides is 1. The Bertz CT molecular complexity index is 1270. The van der Waals surface area contributed by atoms with Crippen molar-refractivity contribution in [1.29, 1.82) is 0 Å². The molecule has 2 heterocycles. The fourth-order valence-corrected chi connectivity index (χ4v) is 4.86. The largest absolute Gasteiger partial charge is 0.378 e. The van der Waals surface area contributed by atoms with Gasteiger partial charge in [-0.2, -0.15) is 5.10 Å².